The summed E-state index contributed by atoms with van der Waals surface area (Å²) in [6.07, 6.45) is 2.41. The molecule has 6 nitrogen and oxygen atoms in total. The minimum atomic E-state index is -0.188. The van der Waals surface area contributed by atoms with Crippen molar-refractivity contribution in [2.45, 2.75) is 13.3 Å². The van der Waals surface area contributed by atoms with E-state index < -0.39 is 0 Å². The highest BCUT2D eigenvalue weighted by Crippen LogP contribution is 2.27. The third-order valence-electron chi connectivity index (χ3n) is 3.27. The minimum Gasteiger partial charge on any atom is -0.492 e. The molecule has 0 saturated heterocycles. The molecule has 6 heteroatoms. The predicted octanol–water partition coefficient (Wildman–Crippen LogP) is 2.99. The second-order valence-corrected chi connectivity index (χ2v) is 5.09. The predicted molar refractivity (Wildman–Crippen MR) is 94.0 cm³/mol. The summed E-state index contributed by atoms with van der Waals surface area (Å²) >= 11 is 0. The van der Waals surface area contributed by atoms with E-state index in [0.717, 1.165) is 23.5 Å². The molecule has 0 bridgehead atoms. The van der Waals surface area contributed by atoms with Crippen LogP contribution in [0.15, 0.2) is 42.6 Å². The second kappa shape index (κ2) is 9.52. The summed E-state index contributed by atoms with van der Waals surface area (Å²) in [4.78, 5) is 16.2. The van der Waals surface area contributed by atoms with Gasteiger partial charge in [-0.25, -0.2) is 4.98 Å². The number of rotatable bonds is 9. The first-order valence-electron chi connectivity index (χ1n) is 7.96. The number of nitrogens with one attached hydrogen (secondary N) is 2. The molecule has 1 heterocycles. The number of benzene rings is 1. The Morgan fingerprint density at radius 1 is 1.21 bits per heavy atom. The van der Waals surface area contributed by atoms with E-state index in [1.165, 1.54) is 0 Å². The molecule has 0 saturated carbocycles. The summed E-state index contributed by atoms with van der Waals surface area (Å²) in [5, 5.41) is 6.05. The first kappa shape index (κ1) is 17.7. The fraction of sp³-hybridized carbons (Fsp3) is 0.333. The topological polar surface area (TPSA) is 72.5 Å². The van der Waals surface area contributed by atoms with Gasteiger partial charge in [0.25, 0.3) is 5.91 Å². The number of carbonyl (C=O) groups is 1. The highest BCUT2D eigenvalue weighted by molar-refractivity contribution is 5.92. The lowest BCUT2D eigenvalue weighted by Gasteiger charge is -2.12. The number of pyridine rings is 1. The normalized spacial score (nSPS) is 10.2. The molecule has 1 aromatic heterocycles. The molecule has 1 aromatic carbocycles. The summed E-state index contributed by atoms with van der Waals surface area (Å²) < 4.78 is 10.5. The van der Waals surface area contributed by atoms with Crippen LogP contribution in [0.5, 0.6) is 5.75 Å². The molecule has 0 fully saturated rings. The first-order chi connectivity index (χ1) is 11.7. The molecule has 128 valence electrons. The second-order valence-electron chi connectivity index (χ2n) is 5.09. The van der Waals surface area contributed by atoms with Crippen molar-refractivity contribution in [2.24, 2.45) is 0 Å². The number of carbonyl (C=O) groups excluding carboxylic acids is 1. The molecule has 2 rings (SSSR count). The largest absolute Gasteiger partial charge is 0.492 e. The maximum atomic E-state index is 12.0. The molecule has 2 aromatic rings. The number of nitrogens with zero attached hydrogens (tertiary/aromatic N) is 1. The number of methoxy groups -OCH3 is 1. The zero-order valence-electron chi connectivity index (χ0n) is 14.0. The van der Waals surface area contributed by atoms with Crippen LogP contribution in [0.25, 0.3) is 0 Å². The summed E-state index contributed by atoms with van der Waals surface area (Å²) in [5.41, 5.74) is 2.03. The SMILES string of the molecule is CCOc1ccccc1Nc1ccc(C(=O)NCCCOC)nc1. The van der Waals surface area contributed by atoms with E-state index in [0.29, 0.717) is 25.5 Å². The van der Waals surface area contributed by atoms with Gasteiger partial charge in [0.2, 0.25) is 0 Å². The number of amides is 1. The van der Waals surface area contributed by atoms with Gasteiger partial charge < -0.3 is 20.1 Å². The van der Waals surface area contributed by atoms with E-state index in [2.05, 4.69) is 15.6 Å². The van der Waals surface area contributed by atoms with Crippen molar-refractivity contribution in [3.05, 3.63) is 48.3 Å². The number of para-hydroxylation sites is 2. The molecule has 0 radical (unpaired) electrons. The Morgan fingerprint density at radius 2 is 2.04 bits per heavy atom. The zero-order chi connectivity index (χ0) is 17.2. The fourth-order valence-electron chi connectivity index (χ4n) is 2.12. The lowest BCUT2D eigenvalue weighted by atomic mass is 10.2. The van der Waals surface area contributed by atoms with Crippen molar-refractivity contribution in [3.8, 4) is 5.75 Å². The Morgan fingerprint density at radius 3 is 2.75 bits per heavy atom. The van der Waals surface area contributed by atoms with Crippen molar-refractivity contribution >= 4 is 17.3 Å². The summed E-state index contributed by atoms with van der Waals surface area (Å²) in [5.74, 6) is 0.590. The van der Waals surface area contributed by atoms with Crippen LogP contribution in [-0.4, -0.2) is 37.8 Å². The molecule has 0 unspecified atom stereocenters. The number of ether oxygens (including phenoxy) is 2. The molecular weight excluding hydrogens is 306 g/mol. The van der Waals surface area contributed by atoms with Crippen LogP contribution in [0.2, 0.25) is 0 Å². The van der Waals surface area contributed by atoms with E-state index in [1.54, 1.807) is 19.4 Å². The zero-order valence-corrected chi connectivity index (χ0v) is 14.0. The van der Waals surface area contributed by atoms with Gasteiger partial charge in [-0.2, -0.15) is 0 Å². The van der Waals surface area contributed by atoms with Gasteiger partial charge in [0, 0.05) is 20.3 Å². The molecule has 0 atom stereocenters. The minimum absolute atomic E-state index is 0.188. The van der Waals surface area contributed by atoms with Gasteiger partial charge in [-0.05, 0) is 37.6 Å². The van der Waals surface area contributed by atoms with E-state index >= 15 is 0 Å². The van der Waals surface area contributed by atoms with Gasteiger partial charge in [0.1, 0.15) is 11.4 Å². The van der Waals surface area contributed by atoms with Gasteiger partial charge in [0.05, 0.1) is 24.2 Å². The maximum Gasteiger partial charge on any atom is 0.269 e. The molecular formula is C18H23N3O3. The Hall–Kier alpha value is -2.60. The quantitative estimate of drug-likeness (QED) is 0.692. The number of hydrogen-bond donors (Lipinski definition) is 2. The molecule has 0 spiro atoms. The smallest absolute Gasteiger partial charge is 0.269 e. The monoisotopic (exact) mass is 329 g/mol. The van der Waals surface area contributed by atoms with Crippen LogP contribution in [0.1, 0.15) is 23.8 Å². The number of aromatic nitrogens is 1. The van der Waals surface area contributed by atoms with Gasteiger partial charge in [-0.15, -0.1) is 0 Å². The Bertz CT molecular complexity index is 644. The highest BCUT2D eigenvalue weighted by Gasteiger charge is 2.07. The fourth-order valence-corrected chi connectivity index (χ4v) is 2.12. The molecule has 2 N–H and O–H groups in total. The number of hydrogen-bond acceptors (Lipinski definition) is 5. The van der Waals surface area contributed by atoms with Crippen molar-refractivity contribution in [1.82, 2.24) is 10.3 Å². The lowest BCUT2D eigenvalue weighted by Crippen LogP contribution is -2.26. The molecule has 0 aliphatic carbocycles. The Kier molecular flexibility index (Phi) is 7.04. The standard InChI is InChI=1S/C18H23N3O3/c1-3-24-17-8-5-4-7-15(17)21-14-9-10-16(20-13-14)18(22)19-11-6-12-23-2/h4-5,7-10,13,21H,3,6,11-12H2,1-2H3,(H,19,22). The van der Waals surface area contributed by atoms with Crippen LogP contribution in [-0.2, 0) is 4.74 Å². The van der Waals surface area contributed by atoms with Gasteiger partial charge >= 0.3 is 0 Å². The third-order valence-corrected chi connectivity index (χ3v) is 3.27. The third kappa shape index (κ3) is 5.24. The summed E-state index contributed by atoms with van der Waals surface area (Å²) in [6.45, 7) is 3.73. The lowest BCUT2D eigenvalue weighted by molar-refractivity contribution is 0.0943. The van der Waals surface area contributed by atoms with Crippen LogP contribution in [0, 0.1) is 0 Å². The molecule has 0 aliphatic rings. The highest BCUT2D eigenvalue weighted by atomic mass is 16.5. The maximum absolute atomic E-state index is 12.0. The van der Waals surface area contributed by atoms with E-state index in [-0.39, 0.29) is 5.91 Å². The molecule has 0 aliphatic heterocycles. The van der Waals surface area contributed by atoms with Gasteiger partial charge in [-0.1, -0.05) is 12.1 Å². The number of anilines is 2. The van der Waals surface area contributed by atoms with E-state index in [9.17, 15) is 4.79 Å². The van der Waals surface area contributed by atoms with Gasteiger partial charge in [0.15, 0.2) is 0 Å². The van der Waals surface area contributed by atoms with Crippen molar-refractivity contribution in [3.63, 3.8) is 0 Å². The first-order valence-corrected chi connectivity index (χ1v) is 7.96. The van der Waals surface area contributed by atoms with Crippen molar-refractivity contribution in [2.75, 3.05) is 32.2 Å². The molecule has 1 amide bonds. The van der Waals surface area contributed by atoms with Gasteiger partial charge in [-0.3, -0.25) is 4.79 Å². The Labute approximate surface area is 142 Å². The average molecular weight is 329 g/mol. The molecule has 24 heavy (non-hydrogen) atoms. The van der Waals surface area contributed by atoms with Crippen LogP contribution < -0.4 is 15.4 Å². The van der Waals surface area contributed by atoms with Crippen LogP contribution >= 0.6 is 0 Å². The van der Waals surface area contributed by atoms with E-state index in [1.807, 2.05) is 37.3 Å². The summed E-state index contributed by atoms with van der Waals surface area (Å²) in [6, 6.07) is 11.2. The Balaban J connectivity index is 1.96. The van der Waals surface area contributed by atoms with E-state index in [4.69, 9.17) is 9.47 Å². The van der Waals surface area contributed by atoms with Crippen molar-refractivity contribution in [1.29, 1.82) is 0 Å². The summed E-state index contributed by atoms with van der Waals surface area (Å²) in [7, 11) is 1.64. The van der Waals surface area contributed by atoms with Crippen LogP contribution in [0.4, 0.5) is 11.4 Å². The van der Waals surface area contributed by atoms with Crippen LogP contribution in [0.3, 0.4) is 0 Å². The average Bonchev–Trinajstić information content (AvgIpc) is 2.61. The van der Waals surface area contributed by atoms with Crippen molar-refractivity contribution < 1.29 is 14.3 Å².